The van der Waals surface area contributed by atoms with Crippen molar-refractivity contribution in [3.63, 3.8) is 0 Å². The maximum atomic E-state index is 10.1. The summed E-state index contributed by atoms with van der Waals surface area (Å²) in [6.07, 6.45) is 5.09. The van der Waals surface area contributed by atoms with Crippen LogP contribution in [0.1, 0.15) is 37.7 Å². The van der Waals surface area contributed by atoms with E-state index in [9.17, 15) is 5.11 Å². The summed E-state index contributed by atoms with van der Waals surface area (Å²) in [5, 5.41) is 10.1. The molecule has 1 fully saturated rings. The van der Waals surface area contributed by atoms with Gasteiger partial charge in [-0.3, -0.25) is 0 Å². The zero-order valence-electron chi connectivity index (χ0n) is 11.0. The van der Waals surface area contributed by atoms with Gasteiger partial charge in [0.05, 0.1) is 19.8 Å². The van der Waals surface area contributed by atoms with Gasteiger partial charge in [0.25, 0.3) is 0 Å². The fourth-order valence-corrected chi connectivity index (χ4v) is 2.83. The molecule has 1 aromatic carbocycles. The van der Waals surface area contributed by atoms with Crippen molar-refractivity contribution >= 4 is 0 Å². The fourth-order valence-electron chi connectivity index (χ4n) is 2.83. The van der Waals surface area contributed by atoms with Crippen LogP contribution in [0.15, 0.2) is 12.1 Å². The van der Waals surface area contributed by atoms with E-state index in [1.807, 2.05) is 0 Å². The lowest BCUT2D eigenvalue weighted by atomic mass is 9.76. The van der Waals surface area contributed by atoms with Gasteiger partial charge in [-0.25, -0.2) is 0 Å². The highest BCUT2D eigenvalue weighted by Gasteiger charge is 2.36. The lowest BCUT2D eigenvalue weighted by Gasteiger charge is -2.35. The first-order valence-corrected chi connectivity index (χ1v) is 6.35. The molecule has 1 aliphatic carbocycles. The largest absolute Gasteiger partial charge is 0.507 e. The Morgan fingerprint density at radius 3 is 2.33 bits per heavy atom. The molecule has 100 valence electrons. The number of phenols is 1. The number of ether oxygens (including phenoxy) is 2. The van der Waals surface area contributed by atoms with Crippen LogP contribution in [0.5, 0.6) is 17.2 Å². The minimum Gasteiger partial charge on any atom is -0.507 e. The molecule has 0 atom stereocenters. The number of benzene rings is 1. The van der Waals surface area contributed by atoms with Gasteiger partial charge in [0.1, 0.15) is 5.75 Å². The van der Waals surface area contributed by atoms with E-state index in [-0.39, 0.29) is 5.75 Å². The standard InChI is InChI=1S/C14H21NO3/c1-17-11-7-6-10(16)12(13(11)18-2)14(15)8-4-3-5-9-14/h6-7,16H,3-5,8-9,15H2,1-2H3. The van der Waals surface area contributed by atoms with E-state index in [2.05, 4.69) is 0 Å². The maximum Gasteiger partial charge on any atom is 0.169 e. The van der Waals surface area contributed by atoms with Gasteiger partial charge in [-0.1, -0.05) is 19.3 Å². The number of aromatic hydroxyl groups is 1. The van der Waals surface area contributed by atoms with Gasteiger partial charge >= 0.3 is 0 Å². The van der Waals surface area contributed by atoms with Crippen LogP contribution in [0, 0.1) is 0 Å². The first-order valence-electron chi connectivity index (χ1n) is 6.35. The lowest BCUT2D eigenvalue weighted by Crippen LogP contribution is -2.39. The molecule has 4 heteroatoms. The summed E-state index contributed by atoms with van der Waals surface area (Å²) in [5.74, 6) is 1.36. The van der Waals surface area contributed by atoms with Crippen LogP contribution in [-0.4, -0.2) is 19.3 Å². The van der Waals surface area contributed by atoms with Gasteiger partial charge in [-0.05, 0) is 25.0 Å². The van der Waals surface area contributed by atoms with Crippen LogP contribution in [0.25, 0.3) is 0 Å². The quantitative estimate of drug-likeness (QED) is 0.866. The normalized spacial score (nSPS) is 18.4. The molecule has 1 aliphatic rings. The summed E-state index contributed by atoms with van der Waals surface area (Å²) < 4.78 is 10.7. The molecule has 0 bridgehead atoms. The first-order chi connectivity index (χ1) is 8.62. The topological polar surface area (TPSA) is 64.7 Å². The Labute approximate surface area is 108 Å². The summed E-state index contributed by atoms with van der Waals surface area (Å²) in [5.41, 5.74) is 6.66. The van der Waals surface area contributed by atoms with Crippen LogP contribution in [0.4, 0.5) is 0 Å². The number of hydrogen-bond donors (Lipinski definition) is 2. The second-order valence-electron chi connectivity index (χ2n) is 4.91. The van der Waals surface area contributed by atoms with Crippen LogP contribution >= 0.6 is 0 Å². The Hall–Kier alpha value is -1.42. The van der Waals surface area contributed by atoms with Crippen LogP contribution in [0.3, 0.4) is 0 Å². The number of hydrogen-bond acceptors (Lipinski definition) is 4. The number of nitrogens with two attached hydrogens (primary N) is 1. The van der Waals surface area contributed by atoms with Gasteiger partial charge in [-0.2, -0.15) is 0 Å². The van der Waals surface area contributed by atoms with E-state index in [1.54, 1.807) is 26.4 Å². The van der Waals surface area contributed by atoms with E-state index in [0.29, 0.717) is 17.1 Å². The molecule has 0 aliphatic heterocycles. The zero-order chi connectivity index (χ0) is 13.2. The van der Waals surface area contributed by atoms with Gasteiger partial charge < -0.3 is 20.3 Å². The van der Waals surface area contributed by atoms with E-state index in [1.165, 1.54) is 6.42 Å². The third-order valence-corrected chi connectivity index (χ3v) is 3.77. The van der Waals surface area contributed by atoms with Crippen molar-refractivity contribution in [1.29, 1.82) is 0 Å². The van der Waals surface area contributed by atoms with Crippen molar-refractivity contribution in [2.75, 3.05) is 14.2 Å². The van der Waals surface area contributed by atoms with E-state index in [0.717, 1.165) is 25.7 Å². The molecule has 0 saturated heterocycles. The first kappa shape index (κ1) is 13.0. The molecule has 0 spiro atoms. The predicted octanol–water partition coefficient (Wildman–Crippen LogP) is 2.53. The molecule has 0 unspecified atom stereocenters. The minimum atomic E-state index is -0.512. The Morgan fingerprint density at radius 2 is 1.78 bits per heavy atom. The molecule has 2 rings (SSSR count). The SMILES string of the molecule is COc1ccc(O)c(C2(N)CCCCC2)c1OC. The summed E-state index contributed by atoms with van der Waals surface area (Å²) in [7, 11) is 3.16. The third-order valence-electron chi connectivity index (χ3n) is 3.77. The number of methoxy groups -OCH3 is 2. The second-order valence-corrected chi connectivity index (χ2v) is 4.91. The number of phenolic OH excluding ortho intramolecular Hbond substituents is 1. The molecular weight excluding hydrogens is 230 g/mol. The Morgan fingerprint density at radius 1 is 1.11 bits per heavy atom. The zero-order valence-corrected chi connectivity index (χ0v) is 11.0. The smallest absolute Gasteiger partial charge is 0.169 e. The Bertz CT molecular complexity index is 425. The van der Waals surface area contributed by atoms with Crippen molar-refractivity contribution < 1.29 is 14.6 Å². The van der Waals surface area contributed by atoms with Crippen LogP contribution in [-0.2, 0) is 5.54 Å². The van der Waals surface area contributed by atoms with Crippen LogP contribution < -0.4 is 15.2 Å². The molecule has 1 aromatic rings. The molecule has 4 nitrogen and oxygen atoms in total. The fraction of sp³-hybridized carbons (Fsp3) is 0.571. The molecule has 0 aromatic heterocycles. The maximum absolute atomic E-state index is 10.1. The highest BCUT2D eigenvalue weighted by Crippen LogP contribution is 2.47. The van der Waals surface area contributed by atoms with Crippen molar-refractivity contribution in [1.82, 2.24) is 0 Å². The van der Waals surface area contributed by atoms with Gasteiger partial charge in [0.2, 0.25) is 0 Å². The average molecular weight is 251 g/mol. The lowest BCUT2D eigenvalue weighted by molar-refractivity contribution is 0.272. The Kier molecular flexibility index (Phi) is 3.66. The van der Waals surface area contributed by atoms with E-state index in [4.69, 9.17) is 15.2 Å². The van der Waals surface area contributed by atoms with Gasteiger partial charge in [-0.15, -0.1) is 0 Å². The summed E-state index contributed by atoms with van der Waals surface area (Å²) >= 11 is 0. The highest BCUT2D eigenvalue weighted by molar-refractivity contribution is 5.56. The minimum absolute atomic E-state index is 0.192. The molecule has 3 N–H and O–H groups in total. The molecular formula is C14H21NO3. The van der Waals surface area contributed by atoms with Crippen molar-refractivity contribution in [2.45, 2.75) is 37.6 Å². The van der Waals surface area contributed by atoms with Crippen molar-refractivity contribution in [2.24, 2.45) is 5.73 Å². The van der Waals surface area contributed by atoms with Crippen molar-refractivity contribution in [3.05, 3.63) is 17.7 Å². The van der Waals surface area contributed by atoms with Crippen molar-refractivity contribution in [3.8, 4) is 17.2 Å². The Balaban J connectivity index is 2.53. The summed E-state index contributed by atoms with van der Waals surface area (Å²) in [4.78, 5) is 0. The average Bonchev–Trinajstić information content (AvgIpc) is 2.38. The molecule has 18 heavy (non-hydrogen) atoms. The van der Waals surface area contributed by atoms with E-state index >= 15 is 0 Å². The molecule has 1 saturated carbocycles. The molecule has 0 heterocycles. The molecule has 0 amide bonds. The van der Waals surface area contributed by atoms with Crippen LogP contribution in [0.2, 0.25) is 0 Å². The van der Waals surface area contributed by atoms with E-state index < -0.39 is 5.54 Å². The monoisotopic (exact) mass is 251 g/mol. The number of rotatable bonds is 3. The van der Waals surface area contributed by atoms with Gasteiger partial charge in [0.15, 0.2) is 11.5 Å². The summed E-state index contributed by atoms with van der Waals surface area (Å²) in [6.45, 7) is 0. The summed E-state index contributed by atoms with van der Waals surface area (Å²) in [6, 6.07) is 3.32. The van der Waals surface area contributed by atoms with Gasteiger partial charge in [0, 0.05) is 5.54 Å². The third kappa shape index (κ3) is 2.12. The predicted molar refractivity (Wildman–Crippen MR) is 70.2 cm³/mol. The molecule has 0 radical (unpaired) electrons. The second kappa shape index (κ2) is 5.06. The highest BCUT2D eigenvalue weighted by atomic mass is 16.5.